The number of nitrogens with one attached hydrogen (secondary N) is 2. The Balaban J connectivity index is 1.45. The number of fused-ring (bicyclic) bond motifs is 4. The summed E-state index contributed by atoms with van der Waals surface area (Å²) in [7, 11) is 2.71. The van der Waals surface area contributed by atoms with Crippen LogP contribution in [0.4, 0.5) is 10.5 Å². The van der Waals surface area contributed by atoms with Gasteiger partial charge in [0.25, 0.3) is 0 Å². The van der Waals surface area contributed by atoms with Gasteiger partial charge in [0.1, 0.15) is 18.0 Å². The molecule has 1 saturated heterocycles. The van der Waals surface area contributed by atoms with Crippen LogP contribution in [0.25, 0.3) is 11.3 Å². The highest BCUT2D eigenvalue weighted by Gasteiger charge is 2.35. The largest absolute Gasteiger partial charge is 0.469 e. The third-order valence-corrected chi connectivity index (χ3v) is 7.84. The van der Waals surface area contributed by atoms with Gasteiger partial charge < -0.3 is 24.5 Å². The van der Waals surface area contributed by atoms with E-state index in [1.807, 2.05) is 36.4 Å². The standard InChI is InChI=1S/C30H33ClN4O6/c1-39-27(36)15-18-10-11-21-23(14-18)33-22(29(37)40-2)8-3-4-9-25(28-32-17-24(21)34-28)35-13-12-26(41-30(35)38)19-6-5-7-20(31)16-19/h5-7,10-11,14,16-17,22,25-26,33H,3-4,8-9,12-13,15H2,1-2H3,(H,32,34)/t22-,25+,26?/m1/s1. The number of methoxy groups -OCH3 is 2. The smallest absolute Gasteiger partial charge is 0.411 e. The molecule has 1 unspecified atom stereocenters. The van der Waals surface area contributed by atoms with Crippen LogP contribution in [-0.2, 0) is 30.2 Å². The molecule has 1 amide bonds. The van der Waals surface area contributed by atoms with Crippen molar-refractivity contribution in [3.8, 4) is 11.3 Å². The first-order valence-corrected chi connectivity index (χ1v) is 14.1. The normalized spacial score (nSPS) is 20.9. The zero-order valence-electron chi connectivity index (χ0n) is 23.0. The van der Waals surface area contributed by atoms with Gasteiger partial charge in [0, 0.05) is 29.2 Å². The van der Waals surface area contributed by atoms with Crippen LogP contribution in [0.15, 0.2) is 48.7 Å². The number of carbonyl (C=O) groups excluding carboxylic acids is 3. The fourth-order valence-electron chi connectivity index (χ4n) is 5.46. The Kier molecular flexibility index (Phi) is 8.78. The predicted molar refractivity (Wildman–Crippen MR) is 152 cm³/mol. The lowest BCUT2D eigenvalue weighted by molar-refractivity contribution is -0.142. The maximum absolute atomic E-state index is 13.3. The molecule has 0 saturated carbocycles. The average Bonchev–Trinajstić information content (AvgIpc) is 3.46. The van der Waals surface area contributed by atoms with E-state index in [9.17, 15) is 14.4 Å². The molecule has 0 radical (unpaired) electrons. The lowest BCUT2D eigenvalue weighted by atomic mass is 9.99. The number of hydrogen-bond donors (Lipinski definition) is 2. The van der Waals surface area contributed by atoms with Crippen molar-refractivity contribution in [2.24, 2.45) is 0 Å². The van der Waals surface area contributed by atoms with E-state index in [1.165, 1.54) is 14.2 Å². The van der Waals surface area contributed by atoms with Gasteiger partial charge in [-0.05, 0) is 42.2 Å². The number of cyclic esters (lactones) is 1. The number of esters is 2. The molecule has 2 aromatic carbocycles. The van der Waals surface area contributed by atoms with Crippen molar-refractivity contribution >= 4 is 35.3 Å². The first-order chi connectivity index (χ1) is 19.9. The predicted octanol–water partition coefficient (Wildman–Crippen LogP) is 5.60. The number of hydrogen-bond acceptors (Lipinski definition) is 8. The van der Waals surface area contributed by atoms with Gasteiger partial charge >= 0.3 is 18.0 Å². The summed E-state index contributed by atoms with van der Waals surface area (Å²) < 4.78 is 15.8. The average molecular weight is 581 g/mol. The first-order valence-electron chi connectivity index (χ1n) is 13.7. The summed E-state index contributed by atoms with van der Waals surface area (Å²) in [6.07, 6.45) is 4.29. The summed E-state index contributed by atoms with van der Waals surface area (Å²) in [6, 6.07) is 12.0. The summed E-state index contributed by atoms with van der Waals surface area (Å²) in [5.74, 6) is -0.0759. The number of rotatable bonds is 5. The molecule has 2 bridgehead atoms. The Morgan fingerprint density at radius 1 is 1.10 bits per heavy atom. The van der Waals surface area contributed by atoms with E-state index in [0.29, 0.717) is 54.5 Å². The monoisotopic (exact) mass is 580 g/mol. The molecule has 0 aliphatic carbocycles. The molecule has 5 rings (SSSR count). The number of halogens is 1. The third kappa shape index (κ3) is 6.48. The van der Waals surface area contributed by atoms with Crippen LogP contribution >= 0.6 is 11.6 Å². The SMILES string of the molecule is COC(=O)Cc1ccc2c(c1)N[C@@H](C(=O)OC)CCCC[C@H](N1CCC(c3cccc(Cl)c3)OC1=O)c1ncc-2[nH]1. The van der Waals surface area contributed by atoms with Crippen molar-refractivity contribution in [1.82, 2.24) is 14.9 Å². The van der Waals surface area contributed by atoms with Crippen molar-refractivity contribution in [2.45, 2.75) is 56.7 Å². The quantitative estimate of drug-likeness (QED) is 0.295. The molecule has 10 nitrogen and oxygen atoms in total. The van der Waals surface area contributed by atoms with Crippen molar-refractivity contribution in [1.29, 1.82) is 0 Å². The molecule has 2 N–H and O–H groups in total. The lowest BCUT2D eigenvalue weighted by Gasteiger charge is -2.36. The molecule has 2 aliphatic rings. The molecule has 1 fully saturated rings. The molecule has 0 spiro atoms. The summed E-state index contributed by atoms with van der Waals surface area (Å²) >= 11 is 6.16. The molecular formula is C30H33ClN4O6. The van der Waals surface area contributed by atoms with E-state index in [-0.39, 0.29) is 30.5 Å². The Hall–Kier alpha value is -4.05. The second-order valence-corrected chi connectivity index (χ2v) is 10.7. The number of benzene rings is 2. The highest BCUT2D eigenvalue weighted by Crippen LogP contribution is 2.37. The zero-order chi connectivity index (χ0) is 28.9. The first kappa shape index (κ1) is 28.5. The molecule has 1 aromatic heterocycles. The van der Waals surface area contributed by atoms with Crippen LogP contribution in [0.3, 0.4) is 0 Å². The van der Waals surface area contributed by atoms with Crippen LogP contribution in [0, 0.1) is 0 Å². The summed E-state index contributed by atoms with van der Waals surface area (Å²) in [4.78, 5) is 47.7. The van der Waals surface area contributed by atoms with Gasteiger partial charge in [0.15, 0.2) is 0 Å². The van der Waals surface area contributed by atoms with Crippen LogP contribution in [0.5, 0.6) is 0 Å². The van der Waals surface area contributed by atoms with Gasteiger partial charge in [-0.2, -0.15) is 0 Å². The molecule has 41 heavy (non-hydrogen) atoms. The van der Waals surface area contributed by atoms with E-state index in [4.69, 9.17) is 25.8 Å². The van der Waals surface area contributed by atoms with Crippen LogP contribution < -0.4 is 5.32 Å². The molecule has 11 heteroatoms. The van der Waals surface area contributed by atoms with E-state index in [2.05, 4.69) is 15.3 Å². The molecule has 3 atom stereocenters. The van der Waals surface area contributed by atoms with Gasteiger partial charge in [0.05, 0.1) is 38.6 Å². The lowest BCUT2D eigenvalue weighted by Crippen LogP contribution is -2.42. The Bertz CT molecular complexity index is 1430. The van der Waals surface area contributed by atoms with Gasteiger partial charge in [-0.1, -0.05) is 48.7 Å². The maximum Gasteiger partial charge on any atom is 0.411 e. The van der Waals surface area contributed by atoms with Gasteiger partial charge in [-0.25, -0.2) is 14.6 Å². The van der Waals surface area contributed by atoms with Crippen molar-refractivity contribution in [3.63, 3.8) is 0 Å². The number of imidazole rings is 1. The Morgan fingerprint density at radius 3 is 2.68 bits per heavy atom. The van der Waals surface area contributed by atoms with Crippen molar-refractivity contribution < 1.29 is 28.6 Å². The van der Waals surface area contributed by atoms with E-state index >= 15 is 0 Å². The zero-order valence-corrected chi connectivity index (χ0v) is 23.8. The number of H-pyrrole nitrogens is 1. The topological polar surface area (TPSA) is 123 Å². The number of aromatic amines is 1. The second kappa shape index (κ2) is 12.6. The minimum Gasteiger partial charge on any atom is -0.469 e. The van der Waals surface area contributed by atoms with E-state index < -0.39 is 12.1 Å². The highest BCUT2D eigenvalue weighted by atomic mass is 35.5. The van der Waals surface area contributed by atoms with Crippen LogP contribution in [-0.4, -0.2) is 59.7 Å². The van der Waals surface area contributed by atoms with Gasteiger partial charge in [0.2, 0.25) is 0 Å². The second-order valence-electron chi connectivity index (χ2n) is 10.2. The Morgan fingerprint density at radius 2 is 1.93 bits per heavy atom. The number of aromatic nitrogens is 2. The minimum atomic E-state index is -0.592. The summed E-state index contributed by atoms with van der Waals surface area (Å²) in [5.41, 5.74) is 3.75. The van der Waals surface area contributed by atoms with Crippen molar-refractivity contribution in [3.05, 3.63) is 70.6 Å². The number of amides is 1. The van der Waals surface area contributed by atoms with Crippen LogP contribution in [0.2, 0.25) is 5.02 Å². The molecular weight excluding hydrogens is 548 g/mol. The fourth-order valence-corrected chi connectivity index (χ4v) is 5.66. The number of anilines is 1. The molecule has 3 aromatic rings. The summed E-state index contributed by atoms with van der Waals surface area (Å²) in [6.45, 7) is 0.497. The summed E-state index contributed by atoms with van der Waals surface area (Å²) in [5, 5.41) is 3.93. The Labute approximate surface area is 243 Å². The number of ether oxygens (including phenoxy) is 3. The third-order valence-electron chi connectivity index (χ3n) is 7.60. The molecule has 2 aliphatic heterocycles. The van der Waals surface area contributed by atoms with Crippen LogP contribution in [0.1, 0.15) is 61.2 Å². The maximum atomic E-state index is 13.3. The van der Waals surface area contributed by atoms with Gasteiger partial charge in [-0.15, -0.1) is 0 Å². The minimum absolute atomic E-state index is 0.0951. The highest BCUT2D eigenvalue weighted by molar-refractivity contribution is 6.30. The van der Waals surface area contributed by atoms with E-state index in [0.717, 1.165) is 23.1 Å². The number of nitrogens with zero attached hydrogens (tertiary/aromatic N) is 2. The van der Waals surface area contributed by atoms with Crippen molar-refractivity contribution in [2.75, 3.05) is 26.1 Å². The molecule has 216 valence electrons. The van der Waals surface area contributed by atoms with E-state index in [1.54, 1.807) is 17.2 Å². The van der Waals surface area contributed by atoms with Gasteiger partial charge in [-0.3, -0.25) is 9.69 Å². The number of carbonyl (C=O) groups is 3. The molecule has 3 heterocycles. The fraction of sp³-hybridized carbons (Fsp3) is 0.400.